The molecule has 1 aromatic carbocycles. The number of carbonyl (C=O) groups is 2. The van der Waals surface area contributed by atoms with Crippen LogP contribution in [0.5, 0.6) is 0 Å². The molecule has 0 aliphatic carbocycles. The van der Waals surface area contributed by atoms with Gasteiger partial charge in [0.2, 0.25) is 5.91 Å². The number of hydrogen-bond acceptors (Lipinski definition) is 4. The number of allylic oxidation sites excluding steroid dienone is 1. The summed E-state index contributed by atoms with van der Waals surface area (Å²) in [4.78, 5) is 26.0. The van der Waals surface area contributed by atoms with Crippen LogP contribution in [0.1, 0.15) is 24.8 Å². The summed E-state index contributed by atoms with van der Waals surface area (Å²) in [5.74, 6) is 5.77. The van der Waals surface area contributed by atoms with Crippen molar-refractivity contribution in [3.05, 3.63) is 48.0 Å². The van der Waals surface area contributed by atoms with Crippen molar-refractivity contribution in [3.63, 3.8) is 0 Å². The Morgan fingerprint density at radius 2 is 2.08 bits per heavy atom. The van der Waals surface area contributed by atoms with Crippen molar-refractivity contribution in [2.24, 2.45) is 0 Å². The van der Waals surface area contributed by atoms with Crippen molar-refractivity contribution in [1.82, 2.24) is 4.90 Å². The van der Waals surface area contributed by atoms with Gasteiger partial charge in [0.05, 0.1) is 18.7 Å². The molecule has 0 saturated carbocycles. The van der Waals surface area contributed by atoms with Gasteiger partial charge in [0, 0.05) is 12.8 Å². The molecule has 134 valence electrons. The number of ether oxygens (including phenoxy) is 1. The molecule has 0 aromatic heterocycles. The van der Waals surface area contributed by atoms with E-state index in [0.29, 0.717) is 19.4 Å². The number of nitriles is 1. The first-order valence-corrected chi connectivity index (χ1v) is 8.65. The molecule has 0 radical (unpaired) electrons. The van der Waals surface area contributed by atoms with Crippen LogP contribution in [-0.2, 0) is 20.7 Å². The lowest BCUT2D eigenvalue weighted by atomic mass is 10.00. The smallest absolute Gasteiger partial charge is 0.223 e. The maximum atomic E-state index is 12.2. The number of benzene rings is 1. The minimum atomic E-state index is -0.106. The molecule has 5 heteroatoms. The fourth-order valence-electron chi connectivity index (χ4n) is 2.77. The van der Waals surface area contributed by atoms with Crippen molar-refractivity contribution >= 4 is 11.7 Å². The van der Waals surface area contributed by atoms with Crippen LogP contribution in [-0.4, -0.2) is 42.4 Å². The Morgan fingerprint density at radius 3 is 2.85 bits per heavy atom. The molecule has 2 rings (SSSR count). The Morgan fingerprint density at radius 1 is 1.27 bits per heavy atom. The van der Waals surface area contributed by atoms with E-state index in [9.17, 15) is 9.59 Å². The molecule has 1 amide bonds. The second-order valence-corrected chi connectivity index (χ2v) is 5.97. The Hall–Kier alpha value is -2.89. The van der Waals surface area contributed by atoms with Gasteiger partial charge in [-0.3, -0.25) is 9.59 Å². The Labute approximate surface area is 154 Å². The molecule has 1 heterocycles. The Kier molecular flexibility index (Phi) is 8.12. The third kappa shape index (κ3) is 6.55. The predicted molar refractivity (Wildman–Crippen MR) is 97.9 cm³/mol. The zero-order valence-electron chi connectivity index (χ0n) is 14.7. The van der Waals surface area contributed by atoms with E-state index in [2.05, 4.69) is 11.8 Å². The van der Waals surface area contributed by atoms with Gasteiger partial charge in [0.1, 0.15) is 13.2 Å². The second kappa shape index (κ2) is 10.9. The highest BCUT2D eigenvalue weighted by atomic mass is 16.5. The number of nitrogens with zero attached hydrogens (tertiary/aromatic N) is 2. The molecular weight excluding hydrogens is 328 g/mol. The summed E-state index contributed by atoms with van der Waals surface area (Å²) in [6.07, 6.45) is 5.90. The number of rotatable bonds is 7. The number of likely N-dealkylation sites (tertiary alicyclic amines) is 1. The molecule has 1 fully saturated rings. The number of carbonyl (C=O) groups excluding carboxylic acids is 2. The molecule has 0 N–H and O–H groups in total. The van der Waals surface area contributed by atoms with Gasteiger partial charge in [-0.05, 0) is 24.5 Å². The lowest BCUT2D eigenvalue weighted by Crippen LogP contribution is -2.42. The lowest BCUT2D eigenvalue weighted by Gasteiger charge is -2.32. The molecule has 1 atom stereocenters. The monoisotopic (exact) mass is 350 g/mol. The summed E-state index contributed by atoms with van der Waals surface area (Å²) in [7, 11) is 0. The van der Waals surface area contributed by atoms with E-state index in [0.717, 1.165) is 18.4 Å². The van der Waals surface area contributed by atoms with Crippen LogP contribution in [0.15, 0.2) is 42.5 Å². The normalized spacial score (nSPS) is 16.8. The number of amides is 1. The molecule has 5 nitrogen and oxygen atoms in total. The number of hydrogen-bond donors (Lipinski definition) is 0. The van der Waals surface area contributed by atoms with Crippen LogP contribution >= 0.6 is 0 Å². The average molecular weight is 350 g/mol. The minimum Gasteiger partial charge on any atom is -0.354 e. The highest BCUT2D eigenvalue weighted by molar-refractivity contribution is 5.91. The van der Waals surface area contributed by atoms with E-state index in [-0.39, 0.29) is 30.9 Å². The zero-order chi connectivity index (χ0) is 18.6. The maximum absolute atomic E-state index is 12.2. The van der Waals surface area contributed by atoms with E-state index < -0.39 is 0 Å². The summed E-state index contributed by atoms with van der Waals surface area (Å²) in [5.41, 5.74) is 0.974. The van der Waals surface area contributed by atoms with Gasteiger partial charge < -0.3 is 9.64 Å². The molecular formula is C21H22N2O3. The molecule has 0 spiro atoms. The first-order valence-electron chi connectivity index (χ1n) is 8.65. The van der Waals surface area contributed by atoms with Crippen LogP contribution in [0.25, 0.3) is 0 Å². The molecule has 0 unspecified atom stereocenters. The third-order valence-corrected chi connectivity index (χ3v) is 4.05. The predicted octanol–water partition coefficient (Wildman–Crippen LogP) is 2.28. The Balaban J connectivity index is 1.90. The summed E-state index contributed by atoms with van der Waals surface area (Å²) in [6, 6.07) is 11.3. The molecule has 26 heavy (non-hydrogen) atoms. The second-order valence-electron chi connectivity index (χ2n) is 5.97. The molecule has 1 aliphatic heterocycles. The fourth-order valence-corrected chi connectivity index (χ4v) is 2.77. The van der Waals surface area contributed by atoms with Gasteiger partial charge in [-0.2, -0.15) is 5.26 Å². The average Bonchev–Trinajstić information content (AvgIpc) is 2.65. The van der Waals surface area contributed by atoms with Crippen LogP contribution in [0.4, 0.5) is 0 Å². The highest BCUT2D eigenvalue weighted by Crippen LogP contribution is 2.19. The third-order valence-electron chi connectivity index (χ3n) is 4.05. The van der Waals surface area contributed by atoms with E-state index in [1.807, 2.05) is 42.5 Å². The molecule has 0 bridgehead atoms. The van der Waals surface area contributed by atoms with E-state index in [1.54, 1.807) is 11.0 Å². The first-order chi connectivity index (χ1) is 12.7. The van der Waals surface area contributed by atoms with E-state index in [1.165, 1.54) is 0 Å². The maximum Gasteiger partial charge on any atom is 0.223 e. The summed E-state index contributed by atoms with van der Waals surface area (Å²) < 4.78 is 4.96. The van der Waals surface area contributed by atoms with Gasteiger partial charge in [-0.1, -0.05) is 48.2 Å². The Bertz CT molecular complexity index is 738. The summed E-state index contributed by atoms with van der Waals surface area (Å²) >= 11 is 0. The van der Waals surface area contributed by atoms with E-state index >= 15 is 0 Å². The first kappa shape index (κ1) is 19.4. The van der Waals surface area contributed by atoms with Crippen molar-refractivity contribution in [1.29, 1.82) is 5.26 Å². The number of piperidine rings is 1. The van der Waals surface area contributed by atoms with Gasteiger partial charge in [-0.15, -0.1) is 0 Å². The van der Waals surface area contributed by atoms with Crippen LogP contribution in [0.2, 0.25) is 0 Å². The quantitative estimate of drug-likeness (QED) is 0.430. The summed E-state index contributed by atoms with van der Waals surface area (Å²) in [5, 5.41) is 8.38. The van der Waals surface area contributed by atoms with Crippen molar-refractivity contribution in [3.8, 4) is 17.9 Å². The van der Waals surface area contributed by atoms with Crippen LogP contribution in [0.3, 0.4) is 0 Å². The molecule has 1 aromatic rings. The number of ketones is 1. The molecule has 1 saturated heterocycles. The highest BCUT2D eigenvalue weighted by Gasteiger charge is 2.25. The lowest BCUT2D eigenvalue weighted by molar-refractivity contribution is -0.134. The van der Waals surface area contributed by atoms with Crippen LogP contribution < -0.4 is 0 Å². The zero-order valence-corrected chi connectivity index (χ0v) is 14.7. The minimum absolute atomic E-state index is 0.00616. The topological polar surface area (TPSA) is 70.4 Å². The van der Waals surface area contributed by atoms with Gasteiger partial charge >= 0.3 is 0 Å². The SMILES string of the molecule is N#CCOCC#CCN1C(=O)CCC[C@@H]1C=CC(=O)Cc1ccccc1. The largest absolute Gasteiger partial charge is 0.354 e. The van der Waals surface area contributed by atoms with Crippen molar-refractivity contribution in [2.45, 2.75) is 31.7 Å². The van der Waals surface area contributed by atoms with E-state index in [4.69, 9.17) is 10.00 Å². The van der Waals surface area contributed by atoms with Gasteiger partial charge in [0.15, 0.2) is 5.78 Å². The molecule has 1 aliphatic rings. The van der Waals surface area contributed by atoms with Gasteiger partial charge in [0.25, 0.3) is 0 Å². The van der Waals surface area contributed by atoms with Crippen molar-refractivity contribution in [2.75, 3.05) is 19.8 Å². The van der Waals surface area contributed by atoms with Crippen LogP contribution in [0, 0.1) is 23.2 Å². The summed E-state index contributed by atoms with van der Waals surface area (Å²) in [6.45, 7) is 0.481. The van der Waals surface area contributed by atoms with Gasteiger partial charge in [-0.25, -0.2) is 0 Å². The fraction of sp³-hybridized carbons (Fsp3) is 0.381. The van der Waals surface area contributed by atoms with Crippen molar-refractivity contribution < 1.29 is 14.3 Å². The standard InChI is InChI=1S/C21H22N2O3/c22-13-16-26-15-5-4-14-23-19(9-6-10-21(23)25)11-12-20(24)17-18-7-2-1-3-8-18/h1-3,7-8,11-12,19H,6,9-10,14-17H2/t19-/m1/s1.